The van der Waals surface area contributed by atoms with E-state index in [1.54, 1.807) is 17.5 Å². The van der Waals surface area contributed by atoms with Gasteiger partial charge in [0.2, 0.25) is 0 Å². The van der Waals surface area contributed by atoms with E-state index < -0.39 is 0 Å². The highest BCUT2D eigenvalue weighted by Gasteiger charge is 2.28. The zero-order chi connectivity index (χ0) is 19.1. The Morgan fingerprint density at radius 2 is 2.19 bits per heavy atom. The average molecular weight is 418 g/mol. The number of halogens is 1. The Bertz CT molecular complexity index is 1180. The molecule has 3 aromatic rings. The third-order valence-corrected chi connectivity index (χ3v) is 6.05. The molecule has 5 nitrogen and oxygen atoms in total. The van der Waals surface area contributed by atoms with E-state index in [0.29, 0.717) is 9.66 Å². The molecule has 0 radical (unpaired) electrons. The van der Waals surface area contributed by atoms with Gasteiger partial charge in [-0.2, -0.15) is 0 Å². The number of aliphatic hydroxyl groups is 1. The minimum absolute atomic E-state index is 0.135. The first kappa shape index (κ1) is 18.3. The maximum absolute atomic E-state index is 12.2. The predicted molar refractivity (Wildman–Crippen MR) is 111 cm³/mol. The molecule has 1 unspecified atom stereocenters. The van der Waals surface area contributed by atoms with Crippen molar-refractivity contribution in [2.24, 2.45) is 0 Å². The van der Waals surface area contributed by atoms with Crippen LogP contribution in [-0.2, 0) is 6.54 Å². The van der Waals surface area contributed by atoms with Gasteiger partial charge in [0.1, 0.15) is 4.64 Å². The number of aromatic nitrogens is 3. The molecule has 2 N–H and O–H groups in total. The first-order valence-electron chi connectivity index (χ1n) is 8.37. The first-order valence-corrected chi connectivity index (χ1v) is 9.97. The SMILES string of the molecule is Cc1nc2c(s1)C=Cc1cc(Cl)ccc1C2c1cn(CCO)c(=O)[nH]c1=S. The third-order valence-electron chi connectivity index (χ3n) is 4.53. The van der Waals surface area contributed by atoms with Gasteiger partial charge in [0.25, 0.3) is 0 Å². The van der Waals surface area contributed by atoms with Crippen LogP contribution in [0.25, 0.3) is 12.2 Å². The van der Waals surface area contributed by atoms with Crippen LogP contribution in [0.2, 0.25) is 5.02 Å². The Morgan fingerprint density at radius 1 is 1.37 bits per heavy atom. The summed E-state index contributed by atoms with van der Waals surface area (Å²) < 4.78 is 1.82. The van der Waals surface area contributed by atoms with Gasteiger partial charge in [0, 0.05) is 16.8 Å². The molecule has 4 rings (SSSR count). The van der Waals surface area contributed by atoms with Crippen LogP contribution in [0.3, 0.4) is 0 Å². The zero-order valence-electron chi connectivity index (χ0n) is 14.4. The minimum atomic E-state index is -0.337. The summed E-state index contributed by atoms with van der Waals surface area (Å²) in [6.07, 6.45) is 5.81. The number of nitrogens with zero attached hydrogens (tertiary/aromatic N) is 2. The first-order chi connectivity index (χ1) is 13.0. The van der Waals surface area contributed by atoms with Gasteiger partial charge in [0.05, 0.1) is 34.6 Å². The van der Waals surface area contributed by atoms with Crippen molar-refractivity contribution < 1.29 is 5.11 Å². The summed E-state index contributed by atoms with van der Waals surface area (Å²) in [6.45, 7) is 2.03. The van der Waals surface area contributed by atoms with Crippen LogP contribution < -0.4 is 5.69 Å². The van der Waals surface area contributed by atoms with Crippen LogP contribution in [0, 0.1) is 11.6 Å². The maximum Gasteiger partial charge on any atom is 0.326 e. The zero-order valence-corrected chi connectivity index (χ0v) is 16.8. The van der Waals surface area contributed by atoms with E-state index in [-0.39, 0.29) is 24.8 Å². The molecule has 138 valence electrons. The molecule has 1 atom stereocenters. The molecule has 0 spiro atoms. The number of aryl methyl sites for hydroxylation is 1. The van der Waals surface area contributed by atoms with Crippen molar-refractivity contribution in [3.8, 4) is 0 Å². The summed E-state index contributed by atoms with van der Waals surface area (Å²) in [6, 6.07) is 5.75. The summed E-state index contributed by atoms with van der Waals surface area (Å²) in [5.41, 5.74) is 3.36. The fraction of sp³-hybridized carbons (Fsp3) is 0.211. The average Bonchev–Trinajstić information content (AvgIpc) is 2.92. The van der Waals surface area contributed by atoms with Crippen molar-refractivity contribution in [2.45, 2.75) is 19.4 Å². The van der Waals surface area contributed by atoms with E-state index in [9.17, 15) is 9.90 Å². The molecule has 0 amide bonds. The second kappa shape index (κ2) is 7.16. The summed E-state index contributed by atoms with van der Waals surface area (Å²) in [7, 11) is 0. The van der Waals surface area contributed by atoms with Gasteiger partial charge in [-0.1, -0.05) is 36.0 Å². The molecule has 0 bridgehead atoms. The fourth-order valence-electron chi connectivity index (χ4n) is 3.37. The fourth-order valence-corrected chi connectivity index (χ4v) is 4.68. The van der Waals surface area contributed by atoms with Crippen molar-refractivity contribution >= 4 is 47.3 Å². The van der Waals surface area contributed by atoms with Crippen LogP contribution >= 0.6 is 35.2 Å². The second-order valence-electron chi connectivity index (χ2n) is 6.28. The number of fused-ring (bicyclic) bond motifs is 2. The minimum Gasteiger partial charge on any atom is -0.395 e. The van der Waals surface area contributed by atoms with Gasteiger partial charge in [-0.25, -0.2) is 9.78 Å². The molecule has 1 aliphatic rings. The molecule has 8 heteroatoms. The number of hydrogen-bond donors (Lipinski definition) is 2. The second-order valence-corrected chi connectivity index (χ2v) is 8.36. The van der Waals surface area contributed by atoms with Crippen LogP contribution in [0.5, 0.6) is 0 Å². The Morgan fingerprint density at radius 3 is 2.96 bits per heavy atom. The summed E-state index contributed by atoms with van der Waals surface area (Å²) in [5, 5.41) is 10.9. The number of thiazole rings is 1. The summed E-state index contributed by atoms with van der Waals surface area (Å²) in [4.78, 5) is 20.7. The maximum atomic E-state index is 12.2. The quantitative estimate of drug-likeness (QED) is 0.494. The van der Waals surface area contributed by atoms with Gasteiger partial charge in [-0.3, -0.25) is 9.55 Å². The van der Waals surface area contributed by atoms with Crippen molar-refractivity contribution in [2.75, 3.05) is 6.61 Å². The van der Waals surface area contributed by atoms with Crippen molar-refractivity contribution in [3.05, 3.63) is 76.8 Å². The lowest BCUT2D eigenvalue weighted by Crippen LogP contribution is -2.26. The number of benzene rings is 1. The number of hydrogen-bond acceptors (Lipinski definition) is 5. The number of nitrogens with one attached hydrogen (secondary N) is 1. The molecule has 1 aromatic carbocycles. The molecule has 2 aromatic heterocycles. The monoisotopic (exact) mass is 417 g/mol. The standard InChI is InChI=1S/C19H16ClN3O2S2/c1-10-21-17-15(27-10)5-2-11-8-12(20)3-4-13(11)16(17)14-9-23(6-7-24)19(25)22-18(14)26/h2-5,8-9,16,24H,6-7H2,1H3,(H,22,25,26). The van der Waals surface area contributed by atoms with Crippen molar-refractivity contribution in [1.29, 1.82) is 0 Å². The number of rotatable bonds is 3. The third kappa shape index (κ3) is 3.32. The predicted octanol–water partition coefficient (Wildman–Crippen LogP) is 3.98. The van der Waals surface area contributed by atoms with Gasteiger partial charge >= 0.3 is 5.69 Å². The van der Waals surface area contributed by atoms with E-state index in [4.69, 9.17) is 28.8 Å². The van der Waals surface area contributed by atoms with Gasteiger partial charge < -0.3 is 5.11 Å². The lowest BCUT2D eigenvalue weighted by atomic mass is 9.88. The lowest BCUT2D eigenvalue weighted by molar-refractivity contribution is 0.273. The normalized spacial score (nSPS) is 15.3. The Labute approximate surface area is 169 Å². The largest absolute Gasteiger partial charge is 0.395 e. The van der Waals surface area contributed by atoms with Crippen LogP contribution in [0.15, 0.2) is 29.2 Å². The van der Waals surface area contributed by atoms with Gasteiger partial charge in [-0.15, -0.1) is 11.3 Å². The topological polar surface area (TPSA) is 70.9 Å². The molecule has 0 fully saturated rings. The van der Waals surface area contributed by atoms with Crippen LogP contribution in [0.4, 0.5) is 0 Å². The lowest BCUT2D eigenvalue weighted by Gasteiger charge is -2.19. The highest BCUT2D eigenvalue weighted by molar-refractivity contribution is 7.71. The van der Waals surface area contributed by atoms with Gasteiger partial charge in [-0.05, 0) is 36.3 Å². The Balaban J connectivity index is 2.02. The summed E-state index contributed by atoms with van der Waals surface area (Å²) in [5.74, 6) is -0.235. The number of aliphatic hydroxyl groups excluding tert-OH is 1. The van der Waals surface area contributed by atoms with Crippen molar-refractivity contribution in [3.63, 3.8) is 0 Å². The highest BCUT2D eigenvalue weighted by Crippen LogP contribution is 2.41. The number of H-pyrrole nitrogens is 1. The molecule has 1 aliphatic carbocycles. The molecule has 27 heavy (non-hydrogen) atoms. The van der Waals surface area contributed by atoms with E-state index in [0.717, 1.165) is 32.3 Å². The van der Waals surface area contributed by atoms with Gasteiger partial charge in [0.15, 0.2) is 0 Å². The molecule has 2 heterocycles. The molecular formula is C19H16ClN3O2S2. The summed E-state index contributed by atoms with van der Waals surface area (Å²) >= 11 is 13.3. The smallest absolute Gasteiger partial charge is 0.326 e. The van der Waals surface area contributed by atoms with E-state index in [1.807, 2.05) is 37.3 Å². The van der Waals surface area contributed by atoms with Crippen LogP contribution in [-0.4, -0.2) is 26.2 Å². The van der Waals surface area contributed by atoms with E-state index in [1.165, 1.54) is 4.57 Å². The molecule has 0 aliphatic heterocycles. The van der Waals surface area contributed by atoms with E-state index >= 15 is 0 Å². The molecular weight excluding hydrogens is 402 g/mol. The molecule has 0 saturated heterocycles. The number of aromatic amines is 1. The Hall–Kier alpha value is -2.06. The van der Waals surface area contributed by atoms with Crippen molar-refractivity contribution in [1.82, 2.24) is 14.5 Å². The highest BCUT2D eigenvalue weighted by atomic mass is 35.5. The molecule has 0 saturated carbocycles. The van der Waals surface area contributed by atoms with E-state index in [2.05, 4.69) is 4.98 Å². The van der Waals surface area contributed by atoms with Crippen LogP contribution in [0.1, 0.15) is 38.2 Å². The Kier molecular flexibility index (Phi) is 4.86.